The fourth-order valence-corrected chi connectivity index (χ4v) is 2.67. The molecule has 106 valence electrons. The van der Waals surface area contributed by atoms with Gasteiger partial charge in [0.05, 0.1) is 24.9 Å². The molecular weight excluding hydrogens is 284 g/mol. The van der Waals surface area contributed by atoms with Crippen LogP contribution in [-0.4, -0.2) is 20.7 Å². The Labute approximate surface area is 126 Å². The maximum Gasteiger partial charge on any atom is 0.230 e. The highest BCUT2D eigenvalue weighted by Crippen LogP contribution is 2.12. The number of carbonyl (C=O) groups excluding carboxylic acids is 1. The number of nitrogens with zero attached hydrogens (tertiary/aromatic N) is 3. The van der Waals surface area contributed by atoms with Gasteiger partial charge in [-0.2, -0.15) is 5.10 Å². The van der Waals surface area contributed by atoms with Gasteiger partial charge in [0.15, 0.2) is 0 Å². The molecule has 21 heavy (non-hydrogen) atoms. The van der Waals surface area contributed by atoms with E-state index in [1.807, 2.05) is 35.7 Å². The highest BCUT2D eigenvalue weighted by molar-refractivity contribution is 7.10. The van der Waals surface area contributed by atoms with Gasteiger partial charge in [0, 0.05) is 17.1 Å². The summed E-state index contributed by atoms with van der Waals surface area (Å²) in [4.78, 5) is 17.3. The molecule has 1 N–H and O–H groups in total. The van der Waals surface area contributed by atoms with Crippen molar-refractivity contribution < 1.29 is 4.79 Å². The summed E-state index contributed by atoms with van der Waals surface area (Å²) in [5.41, 5.74) is 0.898. The van der Waals surface area contributed by atoms with Gasteiger partial charge in [0.25, 0.3) is 0 Å². The molecule has 3 aromatic heterocycles. The standard InChI is InChI=1S/C15H14N4OS/c20-15(10-13-5-3-9-21-13)18-14-6-8-17-19(14)11-12-4-1-2-7-16-12/h1-9H,10-11H2,(H,18,20). The molecule has 0 saturated heterocycles. The topological polar surface area (TPSA) is 59.8 Å². The molecule has 0 unspecified atom stereocenters. The second-order valence-corrected chi connectivity index (χ2v) is 5.53. The van der Waals surface area contributed by atoms with Crippen molar-refractivity contribution >= 4 is 23.1 Å². The lowest BCUT2D eigenvalue weighted by molar-refractivity contribution is -0.115. The van der Waals surface area contributed by atoms with Gasteiger partial charge in [0.2, 0.25) is 5.91 Å². The Hall–Kier alpha value is -2.47. The van der Waals surface area contributed by atoms with Crippen molar-refractivity contribution in [2.45, 2.75) is 13.0 Å². The van der Waals surface area contributed by atoms with Gasteiger partial charge in [0.1, 0.15) is 5.82 Å². The Kier molecular flexibility index (Phi) is 4.07. The molecular formula is C15H14N4OS. The van der Waals surface area contributed by atoms with E-state index in [1.165, 1.54) is 0 Å². The van der Waals surface area contributed by atoms with Crippen molar-refractivity contribution in [2.24, 2.45) is 0 Å². The number of hydrogen-bond acceptors (Lipinski definition) is 4. The number of amides is 1. The van der Waals surface area contributed by atoms with Crippen LogP contribution < -0.4 is 5.32 Å². The molecule has 3 rings (SSSR count). The summed E-state index contributed by atoms with van der Waals surface area (Å²) in [6.07, 6.45) is 3.80. The summed E-state index contributed by atoms with van der Waals surface area (Å²) in [5.74, 6) is 0.641. The first-order valence-corrected chi connectivity index (χ1v) is 7.43. The molecule has 0 aliphatic heterocycles. The van der Waals surface area contributed by atoms with E-state index < -0.39 is 0 Å². The van der Waals surface area contributed by atoms with Gasteiger partial charge in [-0.3, -0.25) is 9.78 Å². The number of hydrogen-bond donors (Lipinski definition) is 1. The van der Waals surface area contributed by atoms with Crippen LogP contribution in [0, 0.1) is 0 Å². The molecule has 0 radical (unpaired) electrons. The molecule has 0 saturated carbocycles. The predicted molar refractivity (Wildman–Crippen MR) is 82.2 cm³/mol. The summed E-state index contributed by atoms with van der Waals surface area (Å²) < 4.78 is 1.73. The summed E-state index contributed by atoms with van der Waals surface area (Å²) in [5, 5.41) is 9.08. The average molecular weight is 298 g/mol. The smallest absolute Gasteiger partial charge is 0.230 e. The van der Waals surface area contributed by atoms with Crippen molar-refractivity contribution in [1.82, 2.24) is 14.8 Å². The molecule has 0 aliphatic rings. The second kappa shape index (κ2) is 6.32. The Balaban J connectivity index is 1.66. The fraction of sp³-hybridized carbons (Fsp3) is 0.133. The van der Waals surface area contributed by atoms with Crippen molar-refractivity contribution in [2.75, 3.05) is 5.32 Å². The third-order valence-corrected chi connectivity index (χ3v) is 3.81. The predicted octanol–water partition coefficient (Wildman–Crippen LogP) is 2.57. The van der Waals surface area contributed by atoms with Crippen LogP contribution in [0.3, 0.4) is 0 Å². The summed E-state index contributed by atoms with van der Waals surface area (Å²) in [6, 6.07) is 11.4. The van der Waals surface area contributed by atoms with Gasteiger partial charge in [-0.1, -0.05) is 12.1 Å². The number of aromatic nitrogens is 3. The Morgan fingerprint density at radius 3 is 2.90 bits per heavy atom. The van der Waals surface area contributed by atoms with Crippen molar-refractivity contribution in [1.29, 1.82) is 0 Å². The van der Waals surface area contributed by atoms with Crippen LogP contribution in [0.5, 0.6) is 0 Å². The highest BCUT2D eigenvalue weighted by Gasteiger charge is 2.09. The van der Waals surface area contributed by atoms with Gasteiger partial charge >= 0.3 is 0 Å². The van der Waals surface area contributed by atoms with E-state index >= 15 is 0 Å². The SMILES string of the molecule is O=C(Cc1cccs1)Nc1ccnn1Cc1ccccn1. The molecule has 0 spiro atoms. The number of anilines is 1. The van der Waals surface area contributed by atoms with Crippen LogP contribution in [0.2, 0.25) is 0 Å². The van der Waals surface area contributed by atoms with Crippen molar-refractivity contribution in [3.63, 3.8) is 0 Å². The second-order valence-electron chi connectivity index (χ2n) is 4.50. The summed E-state index contributed by atoms with van der Waals surface area (Å²) >= 11 is 1.58. The van der Waals surface area contributed by atoms with E-state index in [9.17, 15) is 4.79 Å². The Bertz CT molecular complexity index is 706. The summed E-state index contributed by atoms with van der Waals surface area (Å²) in [6.45, 7) is 0.530. The molecule has 0 aliphatic carbocycles. The molecule has 3 aromatic rings. The quantitative estimate of drug-likeness (QED) is 0.787. The van der Waals surface area contributed by atoms with Crippen molar-refractivity contribution in [3.8, 4) is 0 Å². The van der Waals surface area contributed by atoms with E-state index in [0.717, 1.165) is 10.6 Å². The third-order valence-electron chi connectivity index (χ3n) is 2.94. The molecule has 3 heterocycles. The molecule has 0 fully saturated rings. The van der Waals surface area contributed by atoms with Crippen LogP contribution in [0.1, 0.15) is 10.6 Å². The Morgan fingerprint density at radius 2 is 2.14 bits per heavy atom. The number of thiophene rings is 1. The highest BCUT2D eigenvalue weighted by atomic mass is 32.1. The molecule has 1 amide bonds. The van der Waals surface area contributed by atoms with Gasteiger partial charge in [-0.15, -0.1) is 11.3 Å². The van der Waals surface area contributed by atoms with Crippen LogP contribution in [-0.2, 0) is 17.8 Å². The lowest BCUT2D eigenvalue weighted by atomic mass is 10.3. The fourth-order valence-electron chi connectivity index (χ4n) is 1.97. The third kappa shape index (κ3) is 3.55. The minimum atomic E-state index is -0.0415. The Morgan fingerprint density at radius 1 is 1.19 bits per heavy atom. The van der Waals surface area contributed by atoms with Crippen LogP contribution in [0.25, 0.3) is 0 Å². The largest absolute Gasteiger partial charge is 0.311 e. The van der Waals surface area contributed by atoms with E-state index in [2.05, 4.69) is 15.4 Å². The maximum absolute atomic E-state index is 12.0. The van der Waals surface area contributed by atoms with E-state index in [0.29, 0.717) is 18.8 Å². The molecule has 5 nitrogen and oxygen atoms in total. The minimum absolute atomic E-state index is 0.0415. The van der Waals surface area contributed by atoms with Crippen LogP contribution in [0.15, 0.2) is 54.2 Å². The molecule has 0 bridgehead atoms. The van der Waals surface area contributed by atoms with E-state index in [4.69, 9.17) is 0 Å². The monoisotopic (exact) mass is 298 g/mol. The first-order valence-electron chi connectivity index (χ1n) is 6.55. The average Bonchev–Trinajstić information content (AvgIpc) is 3.13. The van der Waals surface area contributed by atoms with E-state index in [-0.39, 0.29) is 5.91 Å². The van der Waals surface area contributed by atoms with E-state index in [1.54, 1.807) is 34.5 Å². The molecule has 0 atom stereocenters. The van der Waals surface area contributed by atoms with Gasteiger partial charge in [-0.25, -0.2) is 4.68 Å². The summed E-state index contributed by atoms with van der Waals surface area (Å²) in [7, 11) is 0. The van der Waals surface area contributed by atoms with Crippen LogP contribution in [0.4, 0.5) is 5.82 Å². The first kappa shape index (κ1) is 13.5. The zero-order valence-electron chi connectivity index (χ0n) is 11.3. The zero-order chi connectivity index (χ0) is 14.5. The first-order chi connectivity index (χ1) is 10.3. The number of carbonyl (C=O) groups is 1. The zero-order valence-corrected chi connectivity index (χ0v) is 12.1. The minimum Gasteiger partial charge on any atom is -0.311 e. The lowest BCUT2D eigenvalue weighted by Crippen LogP contribution is -2.17. The maximum atomic E-state index is 12.0. The number of rotatable bonds is 5. The van der Waals surface area contributed by atoms with Gasteiger partial charge in [-0.05, 0) is 23.6 Å². The van der Waals surface area contributed by atoms with Crippen LogP contribution >= 0.6 is 11.3 Å². The molecule has 0 aromatic carbocycles. The molecule has 6 heteroatoms. The number of pyridine rings is 1. The number of nitrogens with one attached hydrogen (secondary N) is 1. The van der Waals surface area contributed by atoms with Gasteiger partial charge < -0.3 is 5.32 Å². The van der Waals surface area contributed by atoms with Crippen molar-refractivity contribution in [3.05, 3.63) is 64.7 Å². The normalized spacial score (nSPS) is 10.5. The lowest BCUT2D eigenvalue weighted by Gasteiger charge is -2.08.